The molecule has 0 bridgehead atoms. The Morgan fingerprint density at radius 2 is 1.87 bits per heavy atom. The fraction of sp³-hybridized carbons (Fsp3) is 0.276. The van der Waals surface area contributed by atoms with Gasteiger partial charge >= 0.3 is 6.18 Å². The summed E-state index contributed by atoms with van der Waals surface area (Å²) in [7, 11) is 0. The van der Waals surface area contributed by atoms with Crippen LogP contribution in [-0.2, 0) is 11.0 Å². The van der Waals surface area contributed by atoms with Crippen molar-refractivity contribution in [1.29, 1.82) is 0 Å². The second-order valence-corrected chi connectivity index (χ2v) is 10.1. The van der Waals surface area contributed by atoms with Crippen molar-refractivity contribution in [3.8, 4) is 5.69 Å². The highest BCUT2D eigenvalue weighted by Gasteiger charge is 2.35. The fourth-order valence-electron chi connectivity index (χ4n) is 4.37. The average Bonchev–Trinajstić information content (AvgIpc) is 3.44. The van der Waals surface area contributed by atoms with Gasteiger partial charge in [0, 0.05) is 42.7 Å². The summed E-state index contributed by atoms with van der Waals surface area (Å²) in [6.45, 7) is 7.23. The predicted molar refractivity (Wildman–Crippen MR) is 150 cm³/mol. The molecule has 1 aliphatic rings. The standard InChI is InChI=1S/C29H29F3N4O2S/c1-3-4-6-11-20(2)33-24-19-23(37)27-22(29(30,31)32)18-25(39-17-14-26(38)35-15-9-10-16-35)34-28(27)36(24)21-12-7-5-8-13-21/h3-8,11-13,18-19,33H,2,9-10,14-17H2,1H3/b4-3-,11-6-. The van der Waals surface area contributed by atoms with Gasteiger partial charge in [0.25, 0.3) is 0 Å². The minimum absolute atomic E-state index is 0.0194. The summed E-state index contributed by atoms with van der Waals surface area (Å²) in [6, 6.07) is 10.7. The lowest BCUT2D eigenvalue weighted by Crippen LogP contribution is -2.27. The van der Waals surface area contributed by atoms with Gasteiger partial charge < -0.3 is 10.2 Å². The average molecular weight is 555 g/mol. The quantitative estimate of drug-likeness (QED) is 0.240. The molecule has 3 aromatic rings. The van der Waals surface area contributed by atoms with Crippen LogP contribution in [0.2, 0.25) is 0 Å². The lowest BCUT2D eigenvalue weighted by atomic mass is 10.1. The van der Waals surface area contributed by atoms with Gasteiger partial charge in [-0.2, -0.15) is 13.2 Å². The number of pyridine rings is 2. The van der Waals surface area contributed by atoms with Crippen molar-refractivity contribution < 1.29 is 18.0 Å². The van der Waals surface area contributed by atoms with E-state index < -0.39 is 22.6 Å². The molecular weight excluding hydrogens is 525 g/mol. The third-order valence-corrected chi connectivity index (χ3v) is 7.09. The lowest BCUT2D eigenvalue weighted by Gasteiger charge is -2.20. The second kappa shape index (κ2) is 12.4. The maximum atomic E-state index is 14.3. The van der Waals surface area contributed by atoms with Crippen LogP contribution in [0.25, 0.3) is 16.7 Å². The first-order chi connectivity index (χ1) is 18.7. The van der Waals surface area contributed by atoms with E-state index in [0.717, 1.165) is 36.7 Å². The first-order valence-electron chi connectivity index (χ1n) is 12.6. The van der Waals surface area contributed by atoms with E-state index in [1.54, 1.807) is 53.5 Å². The van der Waals surface area contributed by atoms with Crippen LogP contribution in [0.15, 0.2) is 88.9 Å². The number of carbonyl (C=O) groups excluding carboxylic acids is 1. The molecule has 1 fully saturated rings. The van der Waals surface area contributed by atoms with Gasteiger partial charge in [0.2, 0.25) is 5.91 Å². The number of aromatic nitrogens is 2. The number of likely N-dealkylation sites (tertiary alicyclic amines) is 1. The van der Waals surface area contributed by atoms with Crippen LogP contribution in [-0.4, -0.2) is 39.2 Å². The molecule has 4 rings (SSSR count). The first-order valence-corrected chi connectivity index (χ1v) is 13.6. The monoisotopic (exact) mass is 554 g/mol. The molecule has 204 valence electrons. The summed E-state index contributed by atoms with van der Waals surface area (Å²) in [6.07, 6.45) is 4.39. The van der Waals surface area contributed by atoms with Gasteiger partial charge in [-0.1, -0.05) is 43.0 Å². The Morgan fingerprint density at radius 3 is 2.54 bits per heavy atom. The number of benzene rings is 1. The SMILES string of the molecule is C=C(/C=C\C=C/C)Nc1cc(=O)c2c(C(F)(F)F)cc(SCCC(=O)N3CCCC3)nc2n1-c1ccccc1. The largest absolute Gasteiger partial charge is 0.417 e. The van der Waals surface area contributed by atoms with Crippen molar-refractivity contribution in [1.82, 2.24) is 14.5 Å². The Labute approximate surface area is 228 Å². The minimum atomic E-state index is -4.79. The summed E-state index contributed by atoms with van der Waals surface area (Å²) in [4.78, 5) is 31.9. The molecule has 1 saturated heterocycles. The summed E-state index contributed by atoms with van der Waals surface area (Å²) in [5.74, 6) is 0.473. The van der Waals surface area contributed by atoms with Gasteiger partial charge in [-0.25, -0.2) is 4.98 Å². The molecular formula is C29H29F3N4O2S. The van der Waals surface area contributed by atoms with Crippen molar-refractivity contribution in [2.24, 2.45) is 0 Å². The molecule has 3 heterocycles. The number of rotatable bonds is 9. The zero-order valence-corrected chi connectivity index (χ0v) is 22.3. The van der Waals surface area contributed by atoms with Crippen LogP contribution in [0.4, 0.5) is 19.0 Å². The second-order valence-electron chi connectivity index (χ2n) is 8.99. The number of amides is 1. The number of para-hydroxylation sites is 1. The van der Waals surface area contributed by atoms with Gasteiger partial charge in [-0.05, 0) is 44.0 Å². The summed E-state index contributed by atoms with van der Waals surface area (Å²) < 4.78 is 44.3. The lowest BCUT2D eigenvalue weighted by molar-refractivity contribution is -0.136. The van der Waals surface area contributed by atoms with Gasteiger partial charge in [-0.15, -0.1) is 11.8 Å². The molecule has 6 nitrogen and oxygen atoms in total. The van der Waals surface area contributed by atoms with Crippen molar-refractivity contribution in [2.45, 2.75) is 37.4 Å². The highest BCUT2D eigenvalue weighted by Crippen LogP contribution is 2.37. The number of nitrogens with zero attached hydrogens (tertiary/aromatic N) is 3. The van der Waals surface area contributed by atoms with Gasteiger partial charge in [0.1, 0.15) is 5.82 Å². The van der Waals surface area contributed by atoms with E-state index in [2.05, 4.69) is 16.9 Å². The number of hydrogen-bond acceptors (Lipinski definition) is 5. The van der Waals surface area contributed by atoms with Crippen LogP contribution >= 0.6 is 11.8 Å². The molecule has 1 N–H and O–H groups in total. The molecule has 0 unspecified atom stereocenters. The van der Waals surface area contributed by atoms with E-state index in [0.29, 0.717) is 24.5 Å². The number of thioether (sulfide) groups is 1. The predicted octanol–water partition coefficient (Wildman–Crippen LogP) is 6.57. The third kappa shape index (κ3) is 6.81. The topological polar surface area (TPSA) is 67.2 Å². The smallest absolute Gasteiger partial charge is 0.343 e. The van der Waals surface area contributed by atoms with Crippen LogP contribution < -0.4 is 10.7 Å². The summed E-state index contributed by atoms with van der Waals surface area (Å²) in [5.41, 5.74) is -1.07. The number of anilines is 1. The normalized spacial score (nSPS) is 14.1. The van der Waals surface area contributed by atoms with Crippen molar-refractivity contribution in [3.05, 3.63) is 94.8 Å². The maximum absolute atomic E-state index is 14.3. The Morgan fingerprint density at radius 1 is 1.15 bits per heavy atom. The number of carbonyl (C=O) groups is 1. The molecule has 1 aromatic carbocycles. The fourth-order valence-corrected chi connectivity index (χ4v) is 5.21. The molecule has 2 aromatic heterocycles. The zero-order chi connectivity index (χ0) is 28.0. The molecule has 0 saturated carbocycles. The first kappa shape index (κ1) is 28.2. The maximum Gasteiger partial charge on any atom is 0.417 e. The molecule has 39 heavy (non-hydrogen) atoms. The zero-order valence-electron chi connectivity index (χ0n) is 21.5. The van der Waals surface area contributed by atoms with Gasteiger partial charge in [-0.3, -0.25) is 14.2 Å². The number of nitrogens with one attached hydrogen (secondary N) is 1. The molecule has 1 aliphatic heterocycles. The molecule has 10 heteroatoms. The summed E-state index contributed by atoms with van der Waals surface area (Å²) >= 11 is 1.07. The van der Waals surface area contributed by atoms with E-state index >= 15 is 0 Å². The van der Waals surface area contributed by atoms with Gasteiger partial charge in [0.05, 0.1) is 16.0 Å². The van der Waals surface area contributed by atoms with E-state index in [4.69, 9.17) is 0 Å². The third-order valence-electron chi connectivity index (χ3n) is 6.18. The Balaban J connectivity index is 1.82. The van der Waals surface area contributed by atoms with E-state index in [-0.39, 0.29) is 34.6 Å². The van der Waals surface area contributed by atoms with E-state index in [1.807, 2.05) is 13.0 Å². The number of fused-ring (bicyclic) bond motifs is 1. The van der Waals surface area contributed by atoms with Crippen molar-refractivity contribution in [3.63, 3.8) is 0 Å². The molecule has 1 amide bonds. The minimum Gasteiger partial charge on any atom is -0.343 e. The highest BCUT2D eigenvalue weighted by molar-refractivity contribution is 7.99. The van der Waals surface area contributed by atoms with E-state index in [1.165, 1.54) is 4.57 Å². The molecule has 0 aliphatic carbocycles. The van der Waals surface area contributed by atoms with E-state index in [9.17, 15) is 22.8 Å². The highest BCUT2D eigenvalue weighted by atomic mass is 32.2. The Kier molecular flexibility index (Phi) is 8.96. The van der Waals surface area contributed by atoms with Crippen LogP contribution in [0.3, 0.4) is 0 Å². The summed E-state index contributed by atoms with van der Waals surface area (Å²) in [5, 5.41) is 2.59. The van der Waals surface area contributed by atoms with Crippen molar-refractivity contribution in [2.75, 3.05) is 24.2 Å². The number of allylic oxidation sites excluding steroid dienone is 4. The molecule has 0 atom stereocenters. The van der Waals surface area contributed by atoms with Crippen molar-refractivity contribution >= 4 is 34.5 Å². The van der Waals surface area contributed by atoms with Gasteiger partial charge in [0.15, 0.2) is 11.1 Å². The number of hydrogen-bond donors (Lipinski definition) is 1. The molecule has 0 radical (unpaired) electrons. The Hall–Kier alpha value is -3.79. The van der Waals surface area contributed by atoms with Crippen LogP contribution in [0.5, 0.6) is 0 Å². The molecule has 0 spiro atoms. The van der Waals surface area contributed by atoms with Crippen LogP contribution in [0.1, 0.15) is 31.7 Å². The number of halogens is 3. The van der Waals surface area contributed by atoms with Crippen LogP contribution in [0, 0.1) is 0 Å². The Bertz CT molecular complexity index is 1470. The number of alkyl halides is 3.